The van der Waals surface area contributed by atoms with Crippen LogP contribution in [0.5, 0.6) is 11.5 Å². The summed E-state index contributed by atoms with van der Waals surface area (Å²) in [7, 11) is 4.53. The molecule has 0 fully saturated rings. The molecule has 0 radical (unpaired) electrons. The smallest absolute Gasteiger partial charge is 0.286 e. The van der Waals surface area contributed by atoms with Gasteiger partial charge in [0.25, 0.3) is 11.6 Å². The summed E-state index contributed by atoms with van der Waals surface area (Å²) in [5.41, 5.74) is -0.400. The second kappa shape index (κ2) is 9.06. The number of benzene rings is 1. The van der Waals surface area contributed by atoms with Crippen molar-refractivity contribution >= 4 is 24.0 Å². The summed E-state index contributed by atoms with van der Waals surface area (Å²) in [4.78, 5) is 22.6. The standard InChI is InChI=1S/C13H19N3O5.ClH/c1-8(14-2)7-15-13(17)9-5-11(20-3)12(21-4)6-10(9)16(18)19;/h5-6,8,14H,7H2,1-4H3,(H,15,17);1H. The van der Waals surface area contributed by atoms with Crippen LogP contribution in [0.2, 0.25) is 0 Å². The molecular formula is C13H20ClN3O5. The Balaban J connectivity index is 0.00000441. The van der Waals surface area contributed by atoms with E-state index in [9.17, 15) is 14.9 Å². The molecule has 1 rings (SSSR count). The maximum absolute atomic E-state index is 12.1. The van der Waals surface area contributed by atoms with E-state index in [0.29, 0.717) is 6.54 Å². The van der Waals surface area contributed by atoms with E-state index in [0.717, 1.165) is 0 Å². The van der Waals surface area contributed by atoms with Gasteiger partial charge in [-0.3, -0.25) is 14.9 Å². The normalized spacial score (nSPS) is 11.1. The molecule has 0 spiro atoms. The van der Waals surface area contributed by atoms with E-state index in [-0.39, 0.29) is 41.2 Å². The molecule has 0 aliphatic heterocycles. The molecular weight excluding hydrogens is 314 g/mol. The van der Waals surface area contributed by atoms with Gasteiger partial charge in [-0.25, -0.2) is 0 Å². The topological polar surface area (TPSA) is 103 Å². The van der Waals surface area contributed by atoms with Gasteiger partial charge in [-0.2, -0.15) is 0 Å². The first-order valence-corrected chi connectivity index (χ1v) is 6.30. The van der Waals surface area contributed by atoms with Crippen LogP contribution in [0.15, 0.2) is 12.1 Å². The van der Waals surface area contributed by atoms with Gasteiger partial charge in [0.2, 0.25) is 0 Å². The van der Waals surface area contributed by atoms with Crippen molar-refractivity contribution in [1.29, 1.82) is 0 Å². The number of carbonyl (C=O) groups is 1. The molecule has 22 heavy (non-hydrogen) atoms. The number of ether oxygens (including phenoxy) is 2. The number of nitro benzene ring substituents is 1. The third-order valence-electron chi connectivity index (χ3n) is 3.00. The van der Waals surface area contributed by atoms with E-state index < -0.39 is 10.8 Å². The zero-order valence-corrected chi connectivity index (χ0v) is 13.7. The van der Waals surface area contributed by atoms with Crippen LogP contribution in [0.4, 0.5) is 5.69 Å². The summed E-state index contributed by atoms with van der Waals surface area (Å²) in [5.74, 6) is -0.0796. The highest BCUT2D eigenvalue weighted by Gasteiger charge is 2.24. The molecule has 8 nitrogen and oxygen atoms in total. The Morgan fingerprint density at radius 2 is 1.86 bits per heavy atom. The highest BCUT2D eigenvalue weighted by Crippen LogP contribution is 2.34. The minimum Gasteiger partial charge on any atom is -0.493 e. The molecule has 1 aromatic rings. The Hall–Kier alpha value is -2.06. The molecule has 0 heterocycles. The van der Waals surface area contributed by atoms with Crippen LogP contribution in [-0.4, -0.2) is 44.7 Å². The molecule has 0 saturated carbocycles. The maximum Gasteiger partial charge on any atom is 0.286 e. The maximum atomic E-state index is 12.1. The number of rotatable bonds is 7. The number of carbonyl (C=O) groups excluding carboxylic acids is 1. The fourth-order valence-electron chi connectivity index (χ4n) is 1.64. The second-order valence-electron chi connectivity index (χ2n) is 4.38. The van der Waals surface area contributed by atoms with Gasteiger partial charge in [-0.15, -0.1) is 12.4 Å². The molecule has 0 saturated heterocycles. The molecule has 2 N–H and O–H groups in total. The summed E-state index contributed by atoms with van der Waals surface area (Å²) >= 11 is 0. The minimum atomic E-state index is -0.627. The molecule has 9 heteroatoms. The van der Waals surface area contributed by atoms with Gasteiger partial charge >= 0.3 is 0 Å². The van der Waals surface area contributed by atoms with Gasteiger partial charge in [0.05, 0.1) is 25.2 Å². The van der Waals surface area contributed by atoms with Gasteiger partial charge in [-0.1, -0.05) is 0 Å². The van der Waals surface area contributed by atoms with Crippen LogP contribution in [0.1, 0.15) is 17.3 Å². The zero-order chi connectivity index (χ0) is 16.0. The summed E-state index contributed by atoms with van der Waals surface area (Å²) in [5, 5.41) is 16.7. The van der Waals surface area contributed by atoms with E-state index in [2.05, 4.69) is 10.6 Å². The Bertz CT molecular complexity index is 539. The molecule has 1 aromatic carbocycles. The Kier molecular flexibility index (Phi) is 8.21. The van der Waals surface area contributed by atoms with Crippen LogP contribution < -0.4 is 20.1 Å². The van der Waals surface area contributed by atoms with Crippen LogP contribution in [0.25, 0.3) is 0 Å². The number of nitrogens with one attached hydrogen (secondary N) is 2. The monoisotopic (exact) mass is 333 g/mol. The number of likely N-dealkylation sites (N-methyl/N-ethyl adjacent to an activating group) is 1. The lowest BCUT2D eigenvalue weighted by molar-refractivity contribution is -0.385. The quantitative estimate of drug-likeness (QED) is 0.577. The van der Waals surface area contributed by atoms with Crippen LogP contribution >= 0.6 is 12.4 Å². The van der Waals surface area contributed by atoms with Crippen molar-refractivity contribution in [2.75, 3.05) is 27.8 Å². The molecule has 1 atom stereocenters. The molecule has 124 valence electrons. The Morgan fingerprint density at radius 3 is 2.32 bits per heavy atom. The Labute approximate surface area is 134 Å². The van der Waals surface area contributed by atoms with E-state index in [1.165, 1.54) is 26.4 Å². The van der Waals surface area contributed by atoms with Gasteiger partial charge in [0.1, 0.15) is 5.56 Å². The lowest BCUT2D eigenvalue weighted by Crippen LogP contribution is -2.37. The van der Waals surface area contributed by atoms with Crippen molar-refractivity contribution in [2.45, 2.75) is 13.0 Å². The fourth-order valence-corrected chi connectivity index (χ4v) is 1.64. The van der Waals surface area contributed by atoms with E-state index in [1.807, 2.05) is 6.92 Å². The summed E-state index contributed by atoms with van der Waals surface area (Å²) < 4.78 is 10.1. The predicted molar refractivity (Wildman–Crippen MR) is 84.3 cm³/mol. The zero-order valence-electron chi connectivity index (χ0n) is 12.8. The number of hydrogen-bond acceptors (Lipinski definition) is 6. The van der Waals surface area contributed by atoms with Crippen molar-refractivity contribution in [3.63, 3.8) is 0 Å². The highest BCUT2D eigenvalue weighted by atomic mass is 35.5. The first-order valence-electron chi connectivity index (χ1n) is 6.30. The molecule has 1 unspecified atom stereocenters. The summed E-state index contributed by atoms with van der Waals surface area (Å²) in [6, 6.07) is 2.53. The first kappa shape index (κ1) is 19.9. The number of nitrogens with zero attached hydrogens (tertiary/aromatic N) is 1. The minimum absolute atomic E-state index is 0. The van der Waals surface area contributed by atoms with Crippen LogP contribution in [0.3, 0.4) is 0 Å². The van der Waals surface area contributed by atoms with Crippen molar-refractivity contribution in [1.82, 2.24) is 10.6 Å². The molecule has 0 aliphatic carbocycles. The predicted octanol–water partition coefficient (Wildman–Crippen LogP) is 1.37. The molecule has 0 aliphatic rings. The van der Waals surface area contributed by atoms with E-state index >= 15 is 0 Å². The van der Waals surface area contributed by atoms with Crippen molar-refractivity contribution in [3.8, 4) is 11.5 Å². The first-order chi connectivity index (χ1) is 9.94. The summed E-state index contributed by atoms with van der Waals surface area (Å²) in [6.07, 6.45) is 0. The van der Waals surface area contributed by atoms with Gasteiger partial charge in [0, 0.05) is 18.7 Å². The second-order valence-corrected chi connectivity index (χ2v) is 4.38. The SMILES string of the molecule is CNC(C)CNC(=O)c1cc(OC)c(OC)cc1[N+](=O)[O-].Cl. The number of amides is 1. The highest BCUT2D eigenvalue weighted by molar-refractivity contribution is 5.99. The van der Waals surface area contributed by atoms with E-state index in [4.69, 9.17) is 9.47 Å². The van der Waals surface area contributed by atoms with E-state index in [1.54, 1.807) is 7.05 Å². The van der Waals surface area contributed by atoms with Crippen molar-refractivity contribution in [3.05, 3.63) is 27.8 Å². The van der Waals surface area contributed by atoms with Crippen molar-refractivity contribution in [2.24, 2.45) is 0 Å². The average Bonchev–Trinajstić information content (AvgIpc) is 2.50. The Morgan fingerprint density at radius 1 is 1.32 bits per heavy atom. The molecule has 1 amide bonds. The van der Waals surface area contributed by atoms with Crippen molar-refractivity contribution < 1.29 is 19.2 Å². The largest absolute Gasteiger partial charge is 0.493 e. The third-order valence-corrected chi connectivity index (χ3v) is 3.00. The lowest BCUT2D eigenvalue weighted by atomic mass is 10.1. The van der Waals surface area contributed by atoms with Crippen LogP contribution in [0, 0.1) is 10.1 Å². The third kappa shape index (κ3) is 4.74. The number of methoxy groups -OCH3 is 2. The average molecular weight is 334 g/mol. The van der Waals surface area contributed by atoms with Gasteiger partial charge < -0.3 is 20.1 Å². The number of halogens is 1. The molecule has 0 aromatic heterocycles. The van der Waals surface area contributed by atoms with Crippen LogP contribution in [-0.2, 0) is 0 Å². The van der Waals surface area contributed by atoms with Gasteiger partial charge in [0.15, 0.2) is 11.5 Å². The summed E-state index contributed by atoms with van der Waals surface area (Å²) in [6.45, 7) is 2.23. The molecule has 0 bridgehead atoms. The lowest BCUT2D eigenvalue weighted by Gasteiger charge is -2.13. The van der Waals surface area contributed by atoms with Gasteiger partial charge in [-0.05, 0) is 14.0 Å². The number of nitro groups is 1. The number of hydrogen-bond donors (Lipinski definition) is 2. The fraction of sp³-hybridized carbons (Fsp3) is 0.462.